The fourth-order valence-corrected chi connectivity index (χ4v) is 8.47. The predicted octanol–water partition coefficient (Wildman–Crippen LogP) is 8.45. The topological polar surface area (TPSA) is 42.4 Å². The van der Waals surface area contributed by atoms with Gasteiger partial charge in [-0.25, -0.2) is 4.79 Å². The standard InChI is InChI=1S/C33H48N2O2/c1-5-7-20-35(21-8-6-2)31(36)37-26-15-17-32(3)25(22-26)11-12-27-29-14-13-28(24-10-9-19-34-23-24)33(29,4)18-16-30(27)32/h9-11,13,19,23,26-27,29-30H,5-8,12,14-18,20-22H2,1-4H3. The fourth-order valence-electron chi connectivity index (χ4n) is 8.47. The van der Waals surface area contributed by atoms with Crippen LogP contribution in [0.1, 0.15) is 104 Å². The van der Waals surface area contributed by atoms with E-state index in [0.29, 0.717) is 0 Å². The van der Waals surface area contributed by atoms with Gasteiger partial charge in [0.05, 0.1) is 0 Å². The van der Waals surface area contributed by atoms with E-state index in [1.165, 1.54) is 36.8 Å². The highest BCUT2D eigenvalue weighted by Gasteiger charge is 2.57. The van der Waals surface area contributed by atoms with Crippen LogP contribution in [0.2, 0.25) is 0 Å². The van der Waals surface area contributed by atoms with Crippen LogP contribution in [0.25, 0.3) is 5.57 Å². The minimum Gasteiger partial charge on any atom is -0.446 e. The van der Waals surface area contributed by atoms with E-state index < -0.39 is 0 Å². The van der Waals surface area contributed by atoms with E-state index in [2.05, 4.69) is 63.2 Å². The van der Waals surface area contributed by atoms with Crippen LogP contribution in [0.3, 0.4) is 0 Å². The molecule has 0 saturated heterocycles. The zero-order chi connectivity index (χ0) is 26.0. The van der Waals surface area contributed by atoms with E-state index in [9.17, 15) is 4.79 Å². The molecule has 1 heterocycles. The van der Waals surface area contributed by atoms with Crippen molar-refractivity contribution in [2.75, 3.05) is 13.1 Å². The van der Waals surface area contributed by atoms with E-state index in [4.69, 9.17) is 4.74 Å². The summed E-state index contributed by atoms with van der Waals surface area (Å²) in [6.45, 7) is 11.1. The summed E-state index contributed by atoms with van der Waals surface area (Å²) in [5, 5.41) is 0. The van der Waals surface area contributed by atoms with E-state index in [0.717, 1.165) is 75.8 Å². The van der Waals surface area contributed by atoms with E-state index in [1.807, 2.05) is 11.1 Å². The lowest BCUT2D eigenvalue weighted by molar-refractivity contribution is -0.0294. The molecule has 0 spiro atoms. The second kappa shape index (κ2) is 10.9. The number of ether oxygens (including phenoxy) is 1. The van der Waals surface area contributed by atoms with Crippen molar-refractivity contribution < 1.29 is 9.53 Å². The van der Waals surface area contributed by atoms with Gasteiger partial charge in [-0.1, -0.05) is 64.3 Å². The Morgan fingerprint density at radius 3 is 2.49 bits per heavy atom. The third kappa shape index (κ3) is 4.90. The second-order valence-electron chi connectivity index (χ2n) is 12.8. The molecule has 4 aliphatic rings. The quantitative estimate of drug-likeness (QED) is 0.334. The van der Waals surface area contributed by atoms with Gasteiger partial charge in [0.15, 0.2) is 0 Å². The largest absolute Gasteiger partial charge is 0.446 e. The van der Waals surface area contributed by atoms with Gasteiger partial charge in [0, 0.05) is 31.9 Å². The number of carbonyl (C=O) groups is 1. The maximum atomic E-state index is 13.1. The molecule has 4 aliphatic carbocycles. The third-order valence-corrected chi connectivity index (χ3v) is 10.7. The van der Waals surface area contributed by atoms with Crippen LogP contribution in [0.15, 0.2) is 42.3 Å². The monoisotopic (exact) mass is 504 g/mol. The van der Waals surface area contributed by atoms with Crippen LogP contribution in [-0.4, -0.2) is 35.2 Å². The van der Waals surface area contributed by atoms with Gasteiger partial charge in [0.1, 0.15) is 6.10 Å². The Morgan fingerprint density at radius 1 is 1.03 bits per heavy atom. The number of nitrogens with zero attached hydrogens (tertiary/aromatic N) is 2. The minimum absolute atomic E-state index is 0.0355. The minimum atomic E-state index is -0.0850. The zero-order valence-electron chi connectivity index (χ0n) is 23.7. The van der Waals surface area contributed by atoms with Gasteiger partial charge in [-0.05, 0) is 97.2 Å². The van der Waals surface area contributed by atoms with Gasteiger partial charge < -0.3 is 9.64 Å². The van der Waals surface area contributed by atoms with E-state index in [1.54, 1.807) is 5.57 Å². The van der Waals surface area contributed by atoms with Crippen molar-refractivity contribution in [2.45, 2.75) is 104 Å². The average molecular weight is 505 g/mol. The molecule has 2 saturated carbocycles. The molecule has 4 heteroatoms. The van der Waals surface area contributed by atoms with Gasteiger partial charge in [-0.15, -0.1) is 0 Å². The molecule has 6 unspecified atom stereocenters. The number of unbranched alkanes of at least 4 members (excludes halogenated alkanes) is 2. The molecule has 0 bridgehead atoms. The second-order valence-corrected chi connectivity index (χ2v) is 12.8. The van der Waals surface area contributed by atoms with Gasteiger partial charge >= 0.3 is 6.09 Å². The zero-order valence-corrected chi connectivity index (χ0v) is 23.7. The third-order valence-electron chi connectivity index (χ3n) is 10.7. The van der Waals surface area contributed by atoms with Crippen LogP contribution in [0, 0.1) is 28.6 Å². The Morgan fingerprint density at radius 2 is 1.78 bits per heavy atom. The summed E-state index contributed by atoms with van der Waals surface area (Å²) in [5.41, 5.74) is 4.95. The first-order valence-electron chi connectivity index (χ1n) is 15.2. The van der Waals surface area contributed by atoms with E-state index >= 15 is 0 Å². The molecule has 1 amide bonds. The summed E-state index contributed by atoms with van der Waals surface area (Å²) in [4.78, 5) is 19.5. The molecule has 2 fully saturated rings. The van der Waals surface area contributed by atoms with Crippen molar-refractivity contribution in [3.63, 3.8) is 0 Å². The summed E-state index contributed by atoms with van der Waals surface area (Å²) in [6.07, 6.45) is 21.3. The Hall–Kier alpha value is -2.10. The number of fused-ring (bicyclic) bond motifs is 5. The molecule has 4 nitrogen and oxygen atoms in total. The Labute approximate surface area is 225 Å². The summed E-state index contributed by atoms with van der Waals surface area (Å²) in [6, 6.07) is 4.32. The normalized spacial score (nSPS) is 34.5. The Balaban J connectivity index is 1.27. The molecule has 0 N–H and O–H groups in total. The van der Waals surface area contributed by atoms with Crippen LogP contribution < -0.4 is 0 Å². The maximum absolute atomic E-state index is 13.1. The highest BCUT2D eigenvalue weighted by atomic mass is 16.6. The lowest BCUT2D eigenvalue weighted by Crippen LogP contribution is -2.50. The Kier molecular flexibility index (Phi) is 7.84. The number of aromatic nitrogens is 1. The lowest BCUT2D eigenvalue weighted by atomic mass is 9.47. The highest BCUT2D eigenvalue weighted by Crippen LogP contribution is 2.66. The first-order chi connectivity index (χ1) is 17.9. The molecule has 0 aromatic carbocycles. The number of hydrogen-bond acceptors (Lipinski definition) is 3. The molecular weight excluding hydrogens is 456 g/mol. The van der Waals surface area contributed by atoms with Gasteiger partial charge in [0.25, 0.3) is 0 Å². The maximum Gasteiger partial charge on any atom is 0.410 e. The van der Waals surface area contributed by atoms with Crippen molar-refractivity contribution in [1.29, 1.82) is 0 Å². The van der Waals surface area contributed by atoms with Crippen LogP contribution in [0.5, 0.6) is 0 Å². The lowest BCUT2D eigenvalue weighted by Gasteiger charge is -2.57. The number of rotatable bonds is 8. The number of hydrogen-bond donors (Lipinski definition) is 0. The number of pyridine rings is 1. The smallest absolute Gasteiger partial charge is 0.410 e. The van der Waals surface area contributed by atoms with Crippen molar-refractivity contribution in [3.8, 4) is 0 Å². The van der Waals surface area contributed by atoms with Gasteiger partial charge in [-0.2, -0.15) is 0 Å². The van der Waals surface area contributed by atoms with Crippen molar-refractivity contribution in [1.82, 2.24) is 9.88 Å². The molecule has 37 heavy (non-hydrogen) atoms. The molecule has 1 aromatic rings. The van der Waals surface area contributed by atoms with Crippen LogP contribution in [0.4, 0.5) is 4.79 Å². The molecular formula is C33H48N2O2. The predicted molar refractivity (Wildman–Crippen MR) is 151 cm³/mol. The Bertz CT molecular complexity index is 1010. The molecule has 6 atom stereocenters. The van der Waals surface area contributed by atoms with Crippen LogP contribution in [-0.2, 0) is 4.74 Å². The molecule has 0 radical (unpaired) electrons. The first kappa shape index (κ1) is 26.5. The molecule has 5 rings (SSSR count). The van der Waals surface area contributed by atoms with Crippen molar-refractivity contribution >= 4 is 11.7 Å². The molecule has 202 valence electrons. The van der Waals surface area contributed by atoms with Crippen molar-refractivity contribution in [2.24, 2.45) is 28.6 Å². The van der Waals surface area contributed by atoms with Crippen molar-refractivity contribution in [3.05, 3.63) is 47.8 Å². The van der Waals surface area contributed by atoms with E-state index in [-0.39, 0.29) is 23.0 Å². The summed E-state index contributed by atoms with van der Waals surface area (Å²) in [5.74, 6) is 2.21. The van der Waals surface area contributed by atoms with Crippen LogP contribution >= 0.6 is 0 Å². The first-order valence-corrected chi connectivity index (χ1v) is 15.2. The van der Waals surface area contributed by atoms with Gasteiger partial charge in [0.2, 0.25) is 0 Å². The summed E-state index contributed by atoms with van der Waals surface area (Å²) < 4.78 is 6.16. The summed E-state index contributed by atoms with van der Waals surface area (Å²) >= 11 is 0. The SMILES string of the molecule is CCCCN(CCCC)C(=O)OC1CCC2(C)C(=CCC3C2CCC2(C)C(c4cccnc4)=CCC32)C1. The molecule has 1 aromatic heterocycles. The summed E-state index contributed by atoms with van der Waals surface area (Å²) in [7, 11) is 0. The number of allylic oxidation sites excluding steroid dienone is 3. The fraction of sp³-hybridized carbons (Fsp3) is 0.697. The van der Waals surface area contributed by atoms with Gasteiger partial charge in [-0.3, -0.25) is 4.98 Å². The highest BCUT2D eigenvalue weighted by molar-refractivity contribution is 5.72. The molecule has 0 aliphatic heterocycles. The average Bonchev–Trinajstić information content (AvgIpc) is 3.26. The number of carbonyl (C=O) groups excluding carboxylic acids is 1. The number of amides is 1.